The SMILES string of the molecule is CC(C)C(NC(=O)c1cccc(Cl)c1)C(=O)N1CCN(c2ccc(Cl)c(Cl)c2)CC1. The fourth-order valence-corrected chi connectivity index (χ4v) is 3.91. The summed E-state index contributed by atoms with van der Waals surface area (Å²) in [7, 11) is 0. The van der Waals surface area contributed by atoms with Crippen LogP contribution in [0.2, 0.25) is 15.1 Å². The van der Waals surface area contributed by atoms with Crippen LogP contribution in [0.4, 0.5) is 5.69 Å². The molecule has 1 aliphatic heterocycles. The number of nitrogens with zero attached hydrogens (tertiary/aromatic N) is 2. The lowest BCUT2D eigenvalue weighted by molar-refractivity contribution is -0.134. The van der Waals surface area contributed by atoms with Gasteiger partial charge in [-0.15, -0.1) is 0 Å². The highest BCUT2D eigenvalue weighted by molar-refractivity contribution is 6.42. The summed E-state index contributed by atoms with van der Waals surface area (Å²) in [6.07, 6.45) is 0. The van der Waals surface area contributed by atoms with E-state index < -0.39 is 6.04 Å². The molecule has 1 saturated heterocycles. The van der Waals surface area contributed by atoms with Crippen molar-refractivity contribution in [2.45, 2.75) is 19.9 Å². The first kappa shape index (κ1) is 22.7. The Morgan fingerprint density at radius 1 is 0.933 bits per heavy atom. The van der Waals surface area contributed by atoms with Crippen molar-refractivity contribution in [1.29, 1.82) is 0 Å². The Kier molecular flexibility index (Phi) is 7.50. The average Bonchev–Trinajstić information content (AvgIpc) is 2.73. The molecule has 5 nitrogen and oxygen atoms in total. The number of rotatable bonds is 5. The van der Waals surface area contributed by atoms with Crippen LogP contribution in [-0.4, -0.2) is 48.9 Å². The average molecular weight is 469 g/mol. The Hall–Kier alpha value is -1.95. The molecule has 2 amide bonds. The molecule has 0 radical (unpaired) electrons. The van der Waals surface area contributed by atoms with E-state index in [0.717, 1.165) is 5.69 Å². The predicted octanol–water partition coefficient (Wildman–Crippen LogP) is 4.75. The molecule has 160 valence electrons. The van der Waals surface area contributed by atoms with Gasteiger partial charge < -0.3 is 15.1 Å². The van der Waals surface area contributed by atoms with Gasteiger partial charge in [0.1, 0.15) is 6.04 Å². The first-order valence-electron chi connectivity index (χ1n) is 9.81. The summed E-state index contributed by atoms with van der Waals surface area (Å²) in [5.74, 6) is -0.429. The number of amides is 2. The van der Waals surface area contributed by atoms with Gasteiger partial charge in [0.25, 0.3) is 5.91 Å². The fraction of sp³-hybridized carbons (Fsp3) is 0.364. The van der Waals surface area contributed by atoms with Crippen LogP contribution >= 0.6 is 34.8 Å². The van der Waals surface area contributed by atoms with Crippen LogP contribution in [0, 0.1) is 5.92 Å². The summed E-state index contributed by atoms with van der Waals surface area (Å²) < 4.78 is 0. The van der Waals surface area contributed by atoms with Gasteiger partial charge in [-0.3, -0.25) is 9.59 Å². The molecule has 2 aromatic carbocycles. The molecule has 0 spiro atoms. The summed E-state index contributed by atoms with van der Waals surface area (Å²) >= 11 is 18.1. The number of nitrogens with one attached hydrogen (secondary N) is 1. The van der Waals surface area contributed by atoms with E-state index in [1.807, 2.05) is 26.0 Å². The van der Waals surface area contributed by atoms with Crippen LogP contribution in [0.5, 0.6) is 0 Å². The highest BCUT2D eigenvalue weighted by Gasteiger charge is 2.31. The van der Waals surface area contributed by atoms with Gasteiger partial charge in [-0.1, -0.05) is 54.7 Å². The first-order chi connectivity index (χ1) is 14.3. The molecule has 1 atom stereocenters. The largest absolute Gasteiger partial charge is 0.368 e. The summed E-state index contributed by atoms with van der Waals surface area (Å²) in [5, 5.41) is 4.39. The molecule has 1 aliphatic rings. The van der Waals surface area contributed by atoms with Gasteiger partial charge in [0, 0.05) is 42.5 Å². The van der Waals surface area contributed by atoms with Gasteiger partial charge in [0.15, 0.2) is 0 Å². The lowest BCUT2D eigenvalue weighted by atomic mass is 10.0. The molecule has 0 bridgehead atoms. The minimum absolute atomic E-state index is 0.0475. The Morgan fingerprint density at radius 3 is 2.23 bits per heavy atom. The van der Waals surface area contributed by atoms with E-state index in [-0.39, 0.29) is 17.7 Å². The van der Waals surface area contributed by atoms with E-state index in [2.05, 4.69) is 10.2 Å². The molecule has 3 rings (SSSR count). The number of hydrogen-bond acceptors (Lipinski definition) is 3. The van der Waals surface area contributed by atoms with Crippen molar-refractivity contribution < 1.29 is 9.59 Å². The molecule has 0 saturated carbocycles. The van der Waals surface area contributed by atoms with Crippen LogP contribution in [0.3, 0.4) is 0 Å². The standard InChI is InChI=1S/C22H24Cl3N3O2/c1-14(2)20(26-21(29)15-4-3-5-16(23)12-15)22(30)28-10-8-27(9-11-28)17-6-7-18(24)19(25)13-17/h3-7,12-14,20H,8-11H2,1-2H3,(H,26,29). The van der Waals surface area contributed by atoms with E-state index in [1.54, 1.807) is 35.2 Å². The van der Waals surface area contributed by atoms with Gasteiger partial charge in [0.05, 0.1) is 10.0 Å². The maximum atomic E-state index is 13.1. The monoisotopic (exact) mass is 467 g/mol. The van der Waals surface area contributed by atoms with Crippen LogP contribution < -0.4 is 10.2 Å². The Balaban J connectivity index is 1.63. The zero-order chi connectivity index (χ0) is 21.8. The Bertz CT molecular complexity index is 928. The number of carbonyl (C=O) groups excluding carboxylic acids is 2. The van der Waals surface area contributed by atoms with Crippen LogP contribution in [0.25, 0.3) is 0 Å². The van der Waals surface area contributed by atoms with E-state index in [0.29, 0.717) is 46.8 Å². The molecule has 1 heterocycles. The van der Waals surface area contributed by atoms with Gasteiger partial charge in [-0.2, -0.15) is 0 Å². The fourth-order valence-electron chi connectivity index (χ4n) is 3.43. The van der Waals surface area contributed by atoms with Gasteiger partial charge in [-0.25, -0.2) is 0 Å². The maximum Gasteiger partial charge on any atom is 0.251 e. The first-order valence-corrected chi connectivity index (χ1v) is 10.9. The number of benzene rings is 2. The van der Waals surface area contributed by atoms with Gasteiger partial charge in [-0.05, 0) is 42.3 Å². The zero-order valence-corrected chi connectivity index (χ0v) is 19.1. The summed E-state index contributed by atoms with van der Waals surface area (Å²) in [4.78, 5) is 29.7. The van der Waals surface area contributed by atoms with Crippen molar-refractivity contribution in [3.63, 3.8) is 0 Å². The van der Waals surface area contributed by atoms with Crippen molar-refractivity contribution >= 4 is 52.3 Å². The minimum Gasteiger partial charge on any atom is -0.368 e. The van der Waals surface area contributed by atoms with Crippen molar-refractivity contribution in [2.24, 2.45) is 5.92 Å². The normalized spacial score (nSPS) is 15.3. The van der Waals surface area contributed by atoms with E-state index in [4.69, 9.17) is 34.8 Å². The third-order valence-electron chi connectivity index (χ3n) is 5.17. The Morgan fingerprint density at radius 2 is 1.63 bits per heavy atom. The second kappa shape index (κ2) is 9.90. The Labute approximate surface area is 191 Å². The van der Waals surface area contributed by atoms with E-state index >= 15 is 0 Å². The highest BCUT2D eigenvalue weighted by Crippen LogP contribution is 2.28. The van der Waals surface area contributed by atoms with Crippen molar-refractivity contribution in [3.8, 4) is 0 Å². The molecule has 1 N–H and O–H groups in total. The predicted molar refractivity (Wildman–Crippen MR) is 123 cm³/mol. The highest BCUT2D eigenvalue weighted by atomic mass is 35.5. The van der Waals surface area contributed by atoms with Crippen LogP contribution in [0.15, 0.2) is 42.5 Å². The quantitative estimate of drug-likeness (QED) is 0.689. The third-order valence-corrected chi connectivity index (χ3v) is 6.14. The lowest BCUT2D eigenvalue weighted by Crippen LogP contribution is -2.56. The van der Waals surface area contributed by atoms with Gasteiger partial charge >= 0.3 is 0 Å². The smallest absolute Gasteiger partial charge is 0.251 e. The summed E-state index contributed by atoms with van der Waals surface area (Å²) in [6.45, 7) is 6.33. The maximum absolute atomic E-state index is 13.1. The van der Waals surface area contributed by atoms with Gasteiger partial charge in [0.2, 0.25) is 5.91 Å². The molecule has 2 aromatic rings. The molecule has 0 aromatic heterocycles. The number of hydrogen-bond donors (Lipinski definition) is 1. The second-order valence-electron chi connectivity index (χ2n) is 7.62. The topological polar surface area (TPSA) is 52.7 Å². The molecule has 30 heavy (non-hydrogen) atoms. The molecular weight excluding hydrogens is 445 g/mol. The van der Waals surface area contributed by atoms with Crippen molar-refractivity contribution in [2.75, 3.05) is 31.1 Å². The number of piperazine rings is 1. The van der Waals surface area contributed by atoms with E-state index in [1.165, 1.54) is 0 Å². The number of halogens is 3. The number of carbonyl (C=O) groups is 2. The zero-order valence-electron chi connectivity index (χ0n) is 16.9. The third kappa shape index (κ3) is 5.39. The summed E-state index contributed by atoms with van der Waals surface area (Å²) in [5.41, 5.74) is 1.41. The molecule has 1 fully saturated rings. The minimum atomic E-state index is -0.604. The molecule has 0 aliphatic carbocycles. The second-order valence-corrected chi connectivity index (χ2v) is 8.87. The number of anilines is 1. The lowest BCUT2D eigenvalue weighted by Gasteiger charge is -2.38. The molecule has 1 unspecified atom stereocenters. The van der Waals surface area contributed by atoms with Crippen LogP contribution in [0.1, 0.15) is 24.2 Å². The summed E-state index contributed by atoms with van der Waals surface area (Å²) in [6, 6.07) is 11.6. The van der Waals surface area contributed by atoms with Crippen LogP contribution in [-0.2, 0) is 4.79 Å². The van der Waals surface area contributed by atoms with E-state index in [9.17, 15) is 9.59 Å². The molecular formula is C22H24Cl3N3O2. The van der Waals surface area contributed by atoms with Crippen molar-refractivity contribution in [1.82, 2.24) is 10.2 Å². The van der Waals surface area contributed by atoms with Crippen molar-refractivity contribution in [3.05, 3.63) is 63.1 Å². The molecule has 8 heteroatoms.